The molecule has 1 heterocycles. The van der Waals surface area contributed by atoms with E-state index >= 15 is 0 Å². The number of hydrogen-bond donors (Lipinski definition) is 5. The van der Waals surface area contributed by atoms with Gasteiger partial charge in [-0.15, -0.1) is 0 Å². The lowest BCUT2D eigenvalue weighted by Crippen LogP contribution is -2.45. The normalized spacial score (nSPS) is 12.7. The minimum Gasteiger partial charge on any atom is -0.494 e. The number of Topliss-reactive ketones (excluding diaryl/α,β-unsaturated/α-hetero) is 1. The molecule has 0 aliphatic carbocycles. The van der Waals surface area contributed by atoms with Gasteiger partial charge in [0.05, 0.1) is 24.1 Å². The quantitative estimate of drug-likeness (QED) is 0.110. The molecule has 8 heteroatoms. The number of aromatic amines is 1. The van der Waals surface area contributed by atoms with Gasteiger partial charge in [-0.3, -0.25) is 19.4 Å². The third-order valence-electron chi connectivity index (χ3n) is 7.35. The number of aryl methyl sites for hydroxylation is 1. The second kappa shape index (κ2) is 13.7. The molecule has 4 aromatic rings. The fourth-order valence-corrected chi connectivity index (χ4v) is 4.83. The highest BCUT2D eigenvalue weighted by molar-refractivity contribution is 6.05. The van der Waals surface area contributed by atoms with Crippen LogP contribution < -0.4 is 10.6 Å². The Kier molecular flexibility index (Phi) is 9.83. The van der Waals surface area contributed by atoms with Gasteiger partial charge in [0, 0.05) is 11.6 Å². The Bertz CT molecular complexity index is 1600. The molecule has 0 radical (unpaired) electrons. The summed E-state index contributed by atoms with van der Waals surface area (Å²) in [5.41, 5.74) is 4.94. The molecule has 0 spiro atoms. The van der Waals surface area contributed by atoms with Gasteiger partial charge in [-0.05, 0) is 48.1 Å². The Labute approximate surface area is 251 Å². The fourth-order valence-electron chi connectivity index (χ4n) is 4.83. The van der Waals surface area contributed by atoms with E-state index < -0.39 is 29.7 Å². The average molecular weight is 580 g/mol. The van der Waals surface area contributed by atoms with Crippen LogP contribution in [0.1, 0.15) is 58.9 Å². The molecule has 0 saturated carbocycles. The number of H-pyrrole nitrogens is 1. The maximum atomic E-state index is 13.3. The Hall–Kier alpha value is -5.11. The summed E-state index contributed by atoms with van der Waals surface area (Å²) in [5, 5.41) is 25.8. The number of rotatable bonds is 11. The molecule has 43 heavy (non-hydrogen) atoms. The highest BCUT2D eigenvalue weighted by Crippen LogP contribution is 2.30. The van der Waals surface area contributed by atoms with Crippen molar-refractivity contribution in [3.05, 3.63) is 113 Å². The zero-order valence-corrected chi connectivity index (χ0v) is 24.7. The van der Waals surface area contributed by atoms with Gasteiger partial charge in [0.25, 0.3) is 0 Å². The first kappa shape index (κ1) is 30.8. The lowest BCUT2D eigenvalue weighted by molar-refractivity contribution is -0.123. The van der Waals surface area contributed by atoms with Crippen LogP contribution in [0, 0.1) is 19.8 Å². The number of ketones is 1. The predicted molar refractivity (Wildman–Crippen MR) is 168 cm³/mol. The molecule has 2 amide bonds. The summed E-state index contributed by atoms with van der Waals surface area (Å²) in [6.45, 7) is 7.01. The number of benzene rings is 3. The number of aromatic nitrogens is 1. The molecular weight excluding hydrogens is 542 g/mol. The van der Waals surface area contributed by atoms with Crippen molar-refractivity contribution < 1.29 is 24.6 Å². The van der Waals surface area contributed by atoms with Gasteiger partial charge < -0.3 is 20.8 Å². The first-order valence-electron chi connectivity index (χ1n) is 14.2. The lowest BCUT2D eigenvalue weighted by Gasteiger charge is -2.24. The highest BCUT2D eigenvalue weighted by Gasteiger charge is 2.31. The molecule has 222 valence electrons. The first-order chi connectivity index (χ1) is 20.5. The molecule has 0 fully saturated rings. The molecule has 8 nitrogen and oxygen atoms in total. The molecule has 5 N–H and O–H groups in total. The molecule has 1 unspecified atom stereocenters. The Morgan fingerprint density at radius 2 is 1.44 bits per heavy atom. The molecular formula is C35H37N3O5. The van der Waals surface area contributed by atoms with E-state index in [0.717, 1.165) is 27.8 Å². The van der Waals surface area contributed by atoms with E-state index in [2.05, 4.69) is 15.6 Å². The predicted octanol–water partition coefficient (Wildman–Crippen LogP) is 5.99. The van der Waals surface area contributed by atoms with Crippen LogP contribution in [0.3, 0.4) is 0 Å². The van der Waals surface area contributed by atoms with Crippen LogP contribution in [0.4, 0.5) is 0 Å². The van der Waals surface area contributed by atoms with Crippen molar-refractivity contribution in [3.8, 4) is 22.9 Å². The van der Waals surface area contributed by atoms with Crippen molar-refractivity contribution in [3.63, 3.8) is 0 Å². The molecule has 0 aliphatic rings. The molecule has 0 aliphatic heterocycles. The van der Waals surface area contributed by atoms with Crippen LogP contribution in [0.2, 0.25) is 0 Å². The smallest absolute Gasteiger partial charge is 0.244 e. The number of aromatic hydroxyl groups is 2. The van der Waals surface area contributed by atoms with E-state index in [-0.39, 0.29) is 35.3 Å². The van der Waals surface area contributed by atoms with Crippen molar-refractivity contribution in [2.24, 2.45) is 5.92 Å². The van der Waals surface area contributed by atoms with Crippen LogP contribution in [0.5, 0.6) is 11.8 Å². The van der Waals surface area contributed by atoms with Crippen LogP contribution in [0.25, 0.3) is 17.2 Å². The van der Waals surface area contributed by atoms with Crippen molar-refractivity contribution >= 4 is 23.7 Å². The monoisotopic (exact) mass is 579 g/mol. The third-order valence-corrected chi connectivity index (χ3v) is 7.35. The van der Waals surface area contributed by atoms with E-state index in [1.54, 1.807) is 19.9 Å². The van der Waals surface area contributed by atoms with E-state index in [1.165, 1.54) is 13.0 Å². The minimum absolute atomic E-state index is 0.0678. The number of hydrogen-bond acceptors (Lipinski definition) is 5. The van der Waals surface area contributed by atoms with E-state index in [4.69, 9.17) is 0 Å². The fraction of sp³-hybridized carbons (Fsp3) is 0.229. The summed E-state index contributed by atoms with van der Waals surface area (Å²) >= 11 is 0. The average Bonchev–Trinajstić information content (AvgIpc) is 3.25. The first-order valence-corrected chi connectivity index (χ1v) is 14.2. The van der Waals surface area contributed by atoms with Crippen LogP contribution in [-0.2, 0) is 9.59 Å². The second-order valence-corrected chi connectivity index (χ2v) is 11.0. The maximum absolute atomic E-state index is 13.3. The van der Waals surface area contributed by atoms with Gasteiger partial charge in [0.1, 0.15) is 0 Å². The summed E-state index contributed by atoms with van der Waals surface area (Å²) < 4.78 is 0. The topological polar surface area (TPSA) is 132 Å². The molecule has 4 rings (SSSR count). The standard InChI is InChI=1S/C35H37N3O5/c1-21(2)32(33(41)31-23(4)34(42)38-35(31)43)37-30(40)20-28(27-15-10-22(3)11-16-27)36-29(39)19-14-24-12-17-26(18-13-24)25-8-6-5-7-9-25/h5-19,21,28,32,38,42-43H,20H2,1-4H3,(H,36,39)(H,37,40)/t28?,32-/m0/s1. The van der Waals surface area contributed by atoms with Gasteiger partial charge in [0.15, 0.2) is 11.7 Å². The SMILES string of the molecule is Cc1ccc(C(CC(=O)N[C@H](C(=O)c2c(O)[nH]c(O)c2C)C(C)C)NC(=O)C=Cc2ccc(-c3ccccc3)cc2)cc1. The minimum atomic E-state index is -0.958. The summed E-state index contributed by atoms with van der Waals surface area (Å²) in [6.07, 6.45) is 3.03. The van der Waals surface area contributed by atoms with Crippen LogP contribution in [0.15, 0.2) is 84.9 Å². The summed E-state index contributed by atoms with van der Waals surface area (Å²) in [7, 11) is 0. The molecule has 1 aromatic heterocycles. The van der Waals surface area contributed by atoms with Crippen molar-refractivity contribution in [2.45, 2.75) is 46.2 Å². The second-order valence-electron chi connectivity index (χ2n) is 11.0. The maximum Gasteiger partial charge on any atom is 0.244 e. The van der Waals surface area contributed by atoms with Crippen molar-refractivity contribution in [1.82, 2.24) is 15.6 Å². The Balaban J connectivity index is 1.47. The van der Waals surface area contributed by atoms with Gasteiger partial charge >= 0.3 is 0 Å². The molecule has 0 bridgehead atoms. The molecule has 0 saturated heterocycles. The van der Waals surface area contributed by atoms with Crippen molar-refractivity contribution in [2.75, 3.05) is 0 Å². The molecule has 3 aromatic carbocycles. The third kappa shape index (κ3) is 7.80. The van der Waals surface area contributed by atoms with E-state index in [0.29, 0.717) is 0 Å². The Morgan fingerprint density at radius 1 is 0.814 bits per heavy atom. The zero-order chi connectivity index (χ0) is 31.1. The molecule has 2 atom stereocenters. The van der Waals surface area contributed by atoms with Crippen LogP contribution in [-0.4, -0.2) is 38.8 Å². The number of carbonyl (C=O) groups excluding carboxylic acids is 3. The highest BCUT2D eigenvalue weighted by atomic mass is 16.3. The van der Waals surface area contributed by atoms with Gasteiger partial charge in [-0.1, -0.05) is 98.3 Å². The van der Waals surface area contributed by atoms with Gasteiger partial charge in [0.2, 0.25) is 17.7 Å². The summed E-state index contributed by atoms with van der Waals surface area (Å²) in [4.78, 5) is 41.9. The van der Waals surface area contributed by atoms with Crippen molar-refractivity contribution in [1.29, 1.82) is 0 Å². The Morgan fingerprint density at radius 3 is 2.02 bits per heavy atom. The summed E-state index contributed by atoms with van der Waals surface area (Å²) in [6, 6.07) is 23.8. The van der Waals surface area contributed by atoms with E-state index in [1.807, 2.05) is 85.8 Å². The number of amides is 2. The number of carbonyl (C=O) groups is 3. The number of nitrogens with one attached hydrogen (secondary N) is 3. The zero-order valence-electron chi connectivity index (χ0n) is 24.7. The lowest BCUT2D eigenvalue weighted by atomic mass is 9.93. The largest absolute Gasteiger partial charge is 0.494 e. The van der Waals surface area contributed by atoms with Crippen LogP contribution >= 0.6 is 0 Å². The summed E-state index contributed by atoms with van der Waals surface area (Å²) in [5.74, 6) is -2.41. The van der Waals surface area contributed by atoms with E-state index in [9.17, 15) is 24.6 Å². The van der Waals surface area contributed by atoms with Gasteiger partial charge in [-0.2, -0.15) is 0 Å². The van der Waals surface area contributed by atoms with Gasteiger partial charge in [-0.25, -0.2) is 0 Å².